The number of rotatable bonds is 6. The van der Waals surface area contributed by atoms with E-state index in [9.17, 15) is 0 Å². The van der Waals surface area contributed by atoms with Crippen LogP contribution < -0.4 is 5.32 Å². The topological polar surface area (TPSA) is 37.4 Å². The normalized spacial score (nSPS) is 27.1. The van der Waals surface area contributed by atoms with Crippen LogP contribution in [0.1, 0.15) is 24.1 Å². The SMILES string of the molecule is c1ccc(NCC[C@@]23CCO[C@@H]2CCN(Cc2cccs2)C3)nc1. The number of pyridine rings is 1. The van der Waals surface area contributed by atoms with Crippen LogP contribution in [0.3, 0.4) is 0 Å². The molecular formula is C19H25N3OS. The third-order valence-corrected chi connectivity index (χ3v) is 6.26. The number of anilines is 1. The van der Waals surface area contributed by atoms with Gasteiger partial charge in [0, 0.05) is 49.3 Å². The first-order valence-corrected chi connectivity index (χ1v) is 9.73. The maximum Gasteiger partial charge on any atom is 0.125 e. The minimum atomic E-state index is 0.303. The van der Waals surface area contributed by atoms with Crippen molar-refractivity contribution < 1.29 is 4.74 Å². The molecule has 2 aromatic rings. The summed E-state index contributed by atoms with van der Waals surface area (Å²) < 4.78 is 6.08. The zero-order valence-electron chi connectivity index (χ0n) is 14.0. The van der Waals surface area contributed by atoms with E-state index in [-0.39, 0.29) is 0 Å². The van der Waals surface area contributed by atoms with Crippen LogP contribution in [0.4, 0.5) is 5.82 Å². The lowest BCUT2D eigenvalue weighted by Crippen LogP contribution is -2.49. The van der Waals surface area contributed by atoms with E-state index in [2.05, 4.69) is 32.7 Å². The number of likely N-dealkylation sites (tertiary alicyclic amines) is 1. The fourth-order valence-electron chi connectivity index (χ4n) is 4.17. The van der Waals surface area contributed by atoms with Gasteiger partial charge < -0.3 is 10.1 Å². The summed E-state index contributed by atoms with van der Waals surface area (Å²) in [6, 6.07) is 10.4. The second-order valence-corrected chi connectivity index (χ2v) is 7.97. The molecule has 2 aromatic heterocycles. The number of aromatic nitrogens is 1. The number of hydrogen-bond donors (Lipinski definition) is 1. The Kier molecular flexibility index (Phi) is 4.83. The molecule has 2 fully saturated rings. The molecule has 0 unspecified atom stereocenters. The molecule has 0 amide bonds. The molecule has 0 spiro atoms. The number of nitrogens with zero attached hydrogens (tertiary/aromatic N) is 2. The van der Waals surface area contributed by atoms with Crippen molar-refractivity contribution in [3.63, 3.8) is 0 Å². The molecule has 2 aliphatic rings. The molecule has 1 N–H and O–H groups in total. The van der Waals surface area contributed by atoms with Crippen LogP contribution >= 0.6 is 11.3 Å². The second kappa shape index (κ2) is 7.21. The summed E-state index contributed by atoms with van der Waals surface area (Å²) in [4.78, 5) is 8.45. The summed E-state index contributed by atoms with van der Waals surface area (Å²) in [5.41, 5.74) is 0.303. The van der Waals surface area contributed by atoms with E-state index in [1.165, 1.54) is 11.3 Å². The van der Waals surface area contributed by atoms with Crippen molar-refractivity contribution in [3.8, 4) is 0 Å². The average molecular weight is 343 g/mol. The van der Waals surface area contributed by atoms with Gasteiger partial charge in [0.25, 0.3) is 0 Å². The molecule has 4 rings (SSSR count). The molecule has 0 aliphatic carbocycles. The van der Waals surface area contributed by atoms with Gasteiger partial charge in [0.05, 0.1) is 6.10 Å². The first-order chi connectivity index (χ1) is 11.8. The Morgan fingerprint density at radius 2 is 2.33 bits per heavy atom. The summed E-state index contributed by atoms with van der Waals surface area (Å²) >= 11 is 1.86. The van der Waals surface area contributed by atoms with Gasteiger partial charge in [0.1, 0.15) is 5.82 Å². The molecule has 4 heterocycles. The molecule has 24 heavy (non-hydrogen) atoms. The third-order valence-electron chi connectivity index (χ3n) is 5.40. The van der Waals surface area contributed by atoms with Gasteiger partial charge in [0.15, 0.2) is 0 Å². The predicted octanol–water partition coefficient (Wildman–Crippen LogP) is 3.63. The molecule has 2 atom stereocenters. The standard InChI is InChI=1S/C19H25N3OS/c1-2-9-20-18(5-1)21-10-7-19-8-12-23-17(19)6-11-22(15-19)14-16-4-3-13-24-16/h1-5,9,13,17H,6-8,10-12,14-15H2,(H,20,21)/t17-,19+/m1/s1. The summed E-state index contributed by atoms with van der Waals surface area (Å²) in [5.74, 6) is 0.968. The van der Waals surface area contributed by atoms with Crippen molar-refractivity contribution in [1.82, 2.24) is 9.88 Å². The van der Waals surface area contributed by atoms with Crippen LogP contribution in [0.2, 0.25) is 0 Å². The van der Waals surface area contributed by atoms with E-state index in [1.54, 1.807) is 0 Å². The number of thiophene rings is 1. The maximum atomic E-state index is 6.08. The van der Waals surface area contributed by atoms with Crippen LogP contribution in [-0.2, 0) is 11.3 Å². The van der Waals surface area contributed by atoms with E-state index in [0.29, 0.717) is 11.5 Å². The van der Waals surface area contributed by atoms with Gasteiger partial charge in [0.2, 0.25) is 0 Å². The Hall–Kier alpha value is -1.43. The highest BCUT2D eigenvalue weighted by atomic mass is 32.1. The van der Waals surface area contributed by atoms with Crippen LogP contribution in [-0.4, -0.2) is 42.2 Å². The van der Waals surface area contributed by atoms with Gasteiger partial charge in [-0.3, -0.25) is 4.90 Å². The molecule has 2 saturated heterocycles. The second-order valence-electron chi connectivity index (χ2n) is 6.94. The first kappa shape index (κ1) is 16.1. The van der Waals surface area contributed by atoms with Gasteiger partial charge in [-0.05, 0) is 42.8 Å². The van der Waals surface area contributed by atoms with Gasteiger partial charge in [-0.2, -0.15) is 0 Å². The lowest BCUT2D eigenvalue weighted by Gasteiger charge is -2.44. The average Bonchev–Trinajstić information content (AvgIpc) is 3.25. The van der Waals surface area contributed by atoms with E-state index >= 15 is 0 Å². The van der Waals surface area contributed by atoms with Crippen molar-refractivity contribution in [1.29, 1.82) is 0 Å². The Labute approximate surface area is 147 Å². The first-order valence-electron chi connectivity index (χ1n) is 8.85. The molecule has 4 nitrogen and oxygen atoms in total. The predicted molar refractivity (Wildman–Crippen MR) is 98.3 cm³/mol. The molecule has 128 valence electrons. The molecule has 0 saturated carbocycles. The fourth-order valence-corrected chi connectivity index (χ4v) is 4.91. The maximum absolute atomic E-state index is 6.08. The smallest absolute Gasteiger partial charge is 0.125 e. The van der Waals surface area contributed by atoms with Crippen molar-refractivity contribution in [2.24, 2.45) is 5.41 Å². The molecule has 0 bridgehead atoms. The van der Waals surface area contributed by atoms with Crippen LogP contribution in [0.15, 0.2) is 41.9 Å². The van der Waals surface area contributed by atoms with E-state index in [0.717, 1.165) is 51.4 Å². The van der Waals surface area contributed by atoms with Gasteiger partial charge in [-0.25, -0.2) is 4.98 Å². The highest BCUT2D eigenvalue weighted by Gasteiger charge is 2.47. The Bertz CT molecular complexity index is 633. The van der Waals surface area contributed by atoms with Gasteiger partial charge in [-0.1, -0.05) is 12.1 Å². The number of fused-ring (bicyclic) bond motifs is 1. The highest BCUT2D eigenvalue weighted by molar-refractivity contribution is 7.09. The zero-order valence-corrected chi connectivity index (χ0v) is 14.8. The molecule has 5 heteroatoms. The quantitative estimate of drug-likeness (QED) is 0.869. The van der Waals surface area contributed by atoms with Crippen molar-refractivity contribution in [3.05, 3.63) is 46.8 Å². The largest absolute Gasteiger partial charge is 0.378 e. The summed E-state index contributed by atoms with van der Waals surface area (Å²) in [5, 5.41) is 5.65. The lowest BCUT2D eigenvalue weighted by molar-refractivity contribution is -0.0225. The van der Waals surface area contributed by atoms with Crippen LogP contribution in [0.5, 0.6) is 0 Å². The Morgan fingerprint density at radius 3 is 3.17 bits per heavy atom. The molecular weight excluding hydrogens is 318 g/mol. The minimum Gasteiger partial charge on any atom is -0.378 e. The molecule has 0 radical (unpaired) electrons. The summed E-state index contributed by atoms with van der Waals surface area (Å²) in [7, 11) is 0. The Balaban J connectivity index is 1.38. The number of hydrogen-bond acceptors (Lipinski definition) is 5. The van der Waals surface area contributed by atoms with Crippen LogP contribution in [0, 0.1) is 5.41 Å². The summed E-state index contributed by atoms with van der Waals surface area (Å²) in [6.45, 7) is 5.27. The van der Waals surface area contributed by atoms with Crippen molar-refractivity contribution in [2.45, 2.75) is 31.9 Å². The van der Waals surface area contributed by atoms with E-state index < -0.39 is 0 Å². The van der Waals surface area contributed by atoms with Gasteiger partial charge >= 0.3 is 0 Å². The van der Waals surface area contributed by atoms with E-state index in [4.69, 9.17) is 4.74 Å². The third kappa shape index (κ3) is 3.48. The van der Waals surface area contributed by atoms with Gasteiger partial charge in [-0.15, -0.1) is 11.3 Å². The zero-order chi connectivity index (χ0) is 16.2. The number of piperidine rings is 1. The number of nitrogens with one attached hydrogen (secondary N) is 1. The number of ether oxygens (including phenoxy) is 1. The molecule has 2 aliphatic heterocycles. The monoisotopic (exact) mass is 343 g/mol. The van der Waals surface area contributed by atoms with Crippen molar-refractivity contribution in [2.75, 3.05) is 31.6 Å². The molecule has 0 aromatic carbocycles. The Morgan fingerprint density at radius 1 is 1.33 bits per heavy atom. The fraction of sp³-hybridized carbons (Fsp3) is 0.526. The lowest BCUT2D eigenvalue weighted by atomic mass is 9.74. The van der Waals surface area contributed by atoms with Crippen molar-refractivity contribution >= 4 is 17.2 Å². The van der Waals surface area contributed by atoms with Crippen LogP contribution in [0.25, 0.3) is 0 Å². The van der Waals surface area contributed by atoms with E-state index in [1.807, 2.05) is 35.7 Å². The highest BCUT2D eigenvalue weighted by Crippen LogP contribution is 2.43. The minimum absolute atomic E-state index is 0.303. The summed E-state index contributed by atoms with van der Waals surface area (Å²) in [6.07, 6.45) is 5.76.